The third-order valence-electron chi connectivity index (χ3n) is 9.60. The van der Waals surface area contributed by atoms with E-state index in [1.807, 2.05) is 36.9 Å². The number of amides is 1. The Morgan fingerprint density at radius 1 is 1.10 bits per heavy atom. The number of piperazine rings is 1. The van der Waals surface area contributed by atoms with E-state index in [4.69, 9.17) is 14.1 Å². The molecule has 0 unspecified atom stereocenters. The average Bonchev–Trinajstić information content (AvgIpc) is 3.79. The van der Waals surface area contributed by atoms with Crippen LogP contribution in [0.25, 0.3) is 33.6 Å². The number of anilines is 1. The molecule has 3 aromatic heterocycles. The summed E-state index contributed by atoms with van der Waals surface area (Å²) in [6.07, 6.45) is 5.59. The van der Waals surface area contributed by atoms with Crippen LogP contribution in [0.1, 0.15) is 60.9 Å². The lowest BCUT2D eigenvalue weighted by molar-refractivity contribution is 0.0904. The van der Waals surface area contributed by atoms with Crippen LogP contribution in [0.4, 0.5) is 10.1 Å². The van der Waals surface area contributed by atoms with Gasteiger partial charge in [0.1, 0.15) is 12.1 Å². The van der Waals surface area contributed by atoms with Crippen LogP contribution in [-0.2, 0) is 30.8 Å². The zero-order valence-corrected chi connectivity index (χ0v) is 29.0. The van der Waals surface area contributed by atoms with Crippen LogP contribution in [0.2, 0.25) is 0 Å². The third kappa shape index (κ3) is 7.28. The summed E-state index contributed by atoms with van der Waals surface area (Å²) in [5, 5.41) is 15.6. The molecule has 2 aliphatic heterocycles. The predicted octanol–water partition coefficient (Wildman–Crippen LogP) is 5.79. The smallest absolute Gasteiger partial charge is 0.273 e. The monoisotopic (exact) mass is 680 g/mol. The van der Waals surface area contributed by atoms with Crippen molar-refractivity contribution in [1.29, 1.82) is 0 Å². The second-order valence-corrected chi connectivity index (χ2v) is 13.2. The zero-order valence-electron chi connectivity index (χ0n) is 29.0. The topological polar surface area (TPSA) is 122 Å². The quantitative estimate of drug-likeness (QED) is 0.159. The number of nitrogens with one attached hydrogen (secondary N) is 3. The Kier molecular flexibility index (Phi) is 10.2. The molecule has 2 aromatic carbocycles. The maximum Gasteiger partial charge on any atom is 0.273 e. The fraction of sp³-hybridized carbons (Fsp3) is 0.421. The number of halogens is 1. The first-order valence-electron chi connectivity index (χ1n) is 17.7. The number of pyridine rings is 1. The number of oxazole rings is 1. The van der Waals surface area contributed by atoms with Crippen LogP contribution in [0.3, 0.4) is 0 Å². The molecule has 0 spiro atoms. The number of aromatic nitrogens is 4. The van der Waals surface area contributed by atoms with Crippen molar-refractivity contribution in [3.8, 4) is 22.6 Å². The number of ether oxygens (including phenoxy) is 1. The summed E-state index contributed by atoms with van der Waals surface area (Å²) in [4.78, 5) is 25.4. The fourth-order valence-corrected chi connectivity index (χ4v) is 6.97. The second-order valence-electron chi connectivity index (χ2n) is 13.2. The molecule has 5 heterocycles. The van der Waals surface area contributed by atoms with Gasteiger partial charge < -0.3 is 25.1 Å². The van der Waals surface area contributed by atoms with E-state index in [0.717, 1.165) is 83.7 Å². The van der Waals surface area contributed by atoms with Crippen LogP contribution >= 0.6 is 0 Å². The van der Waals surface area contributed by atoms with Gasteiger partial charge in [-0.3, -0.25) is 9.69 Å². The van der Waals surface area contributed by atoms with Crippen LogP contribution in [0.15, 0.2) is 59.3 Å². The Balaban J connectivity index is 1.09. The maximum absolute atomic E-state index is 15.1. The Morgan fingerprint density at radius 2 is 1.96 bits per heavy atom. The molecule has 0 aliphatic carbocycles. The van der Waals surface area contributed by atoms with Crippen molar-refractivity contribution in [2.24, 2.45) is 0 Å². The number of carbonyl (C=O) groups excluding carboxylic acids is 1. The Bertz CT molecular complexity index is 1970. The lowest BCUT2D eigenvalue weighted by Crippen LogP contribution is -2.48. The van der Waals surface area contributed by atoms with Crippen molar-refractivity contribution in [1.82, 2.24) is 35.3 Å². The summed E-state index contributed by atoms with van der Waals surface area (Å²) in [6.45, 7) is 12.3. The van der Waals surface area contributed by atoms with Gasteiger partial charge in [0.25, 0.3) is 5.91 Å². The van der Waals surface area contributed by atoms with Gasteiger partial charge in [0.05, 0.1) is 28.5 Å². The van der Waals surface area contributed by atoms with Gasteiger partial charge in [-0.25, -0.2) is 19.0 Å². The molecule has 11 nitrogen and oxygen atoms in total. The van der Waals surface area contributed by atoms with Crippen LogP contribution in [0.5, 0.6) is 0 Å². The normalized spacial score (nSPS) is 17.3. The van der Waals surface area contributed by atoms with Gasteiger partial charge in [0.15, 0.2) is 11.3 Å². The Morgan fingerprint density at radius 3 is 2.76 bits per heavy atom. The van der Waals surface area contributed by atoms with Crippen LogP contribution in [-0.4, -0.2) is 75.5 Å². The standard InChI is InChI=1S/C38H45FN8O3/c1-4-32-34(35(43-28-11-15-49-16-12-28)30-20-42-47(5-2)36(30)44-32)38-45-33(23-50-38)37(48)41-19-25-9-10-31(39)29(18-25)27-8-6-7-26(17-27)22-46-14-13-40-24(3)21-46/h6-10,17-18,20,23-24,28,40H,4-5,11-16,19,21-22H2,1-3H3,(H,41,48)(H,43,44)/t24-/m0/s1. The summed E-state index contributed by atoms with van der Waals surface area (Å²) in [6, 6.07) is 13.7. The number of rotatable bonds is 11. The zero-order chi connectivity index (χ0) is 34.6. The van der Waals surface area contributed by atoms with E-state index >= 15 is 4.39 Å². The molecule has 1 atom stereocenters. The molecule has 7 rings (SSSR count). The molecular formula is C38H45FN8O3. The minimum Gasteiger partial charge on any atom is -0.443 e. The number of hydrogen-bond acceptors (Lipinski definition) is 9. The highest BCUT2D eigenvalue weighted by atomic mass is 19.1. The molecule has 0 saturated carbocycles. The molecule has 2 saturated heterocycles. The highest BCUT2D eigenvalue weighted by molar-refractivity contribution is 5.99. The SMILES string of the molecule is CCc1nc2c(cnn2CC)c(NC2CCOCC2)c1-c1nc(C(=O)NCc2ccc(F)c(-c3cccc(CN4CCN[C@@H](C)C4)c3)c2)co1. The van der Waals surface area contributed by atoms with Gasteiger partial charge >= 0.3 is 0 Å². The van der Waals surface area contributed by atoms with E-state index in [-0.39, 0.29) is 30.0 Å². The van der Waals surface area contributed by atoms with E-state index in [2.05, 4.69) is 50.0 Å². The van der Waals surface area contributed by atoms with Crippen LogP contribution < -0.4 is 16.0 Å². The minimum atomic E-state index is -0.386. The first-order valence-corrected chi connectivity index (χ1v) is 17.7. The number of nitrogens with zero attached hydrogens (tertiary/aromatic N) is 5. The second kappa shape index (κ2) is 15.1. The molecule has 2 fully saturated rings. The Hall–Kier alpha value is -4.65. The molecule has 50 heavy (non-hydrogen) atoms. The largest absolute Gasteiger partial charge is 0.443 e. The van der Waals surface area contributed by atoms with Crippen molar-refractivity contribution in [2.45, 2.75) is 71.8 Å². The summed E-state index contributed by atoms with van der Waals surface area (Å²) in [7, 11) is 0. The lowest BCUT2D eigenvalue weighted by atomic mass is 10.00. The fourth-order valence-electron chi connectivity index (χ4n) is 6.97. The molecule has 3 N–H and O–H groups in total. The highest BCUT2D eigenvalue weighted by Gasteiger charge is 2.26. The molecule has 2 aliphatic rings. The van der Waals surface area contributed by atoms with Gasteiger partial charge in [-0.1, -0.05) is 31.2 Å². The third-order valence-corrected chi connectivity index (χ3v) is 9.60. The minimum absolute atomic E-state index is 0.153. The molecular weight excluding hydrogens is 635 g/mol. The predicted molar refractivity (Wildman–Crippen MR) is 191 cm³/mol. The summed E-state index contributed by atoms with van der Waals surface area (Å²) in [5.41, 5.74) is 6.58. The van der Waals surface area contributed by atoms with Gasteiger partial charge in [-0.2, -0.15) is 5.10 Å². The van der Waals surface area contributed by atoms with Crippen molar-refractivity contribution in [3.05, 3.63) is 83.3 Å². The lowest BCUT2D eigenvalue weighted by Gasteiger charge is -2.31. The molecule has 12 heteroatoms. The number of fused-ring (bicyclic) bond motifs is 1. The van der Waals surface area contributed by atoms with Gasteiger partial charge in [-0.15, -0.1) is 0 Å². The summed E-state index contributed by atoms with van der Waals surface area (Å²) >= 11 is 0. The van der Waals surface area contributed by atoms with Crippen molar-refractivity contribution in [2.75, 3.05) is 38.2 Å². The number of benzene rings is 2. The first kappa shape index (κ1) is 33.8. The van der Waals surface area contributed by atoms with Crippen molar-refractivity contribution in [3.63, 3.8) is 0 Å². The molecule has 0 bridgehead atoms. The molecule has 0 radical (unpaired) electrons. The van der Waals surface area contributed by atoms with E-state index in [1.165, 1.54) is 12.3 Å². The van der Waals surface area contributed by atoms with E-state index in [0.29, 0.717) is 43.7 Å². The first-order chi connectivity index (χ1) is 24.4. The van der Waals surface area contributed by atoms with Gasteiger partial charge in [-0.05, 0) is 68.0 Å². The average molecular weight is 681 g/mol. The molecule has 5 aromatic rings. The number of carbonyl (C=O) groups is 1. The van der Waals surface area contributed by atoms with Crippen molar-refractivity contribution >= 4 is 22.6 Å². The van der Waals surface area contributed by atoms with Gasteiger partial charge in [0, 0.05) is 70.1 Å². The Labute approximate surface area is 291 Å². The summed E-state index contributed by atoms with van der Waals surface area (Å²) in [5.74, 6) is -0.372. The molecule has 262 valence electrons. The maximum atomic E-state index is 15.1. The van der Waals surface area contributed by atoms with E-state index in [1.54, 1.807) is 12.1 Å². The summed E-state index contributed by atoms with van der Waals surface area (Å²) < 4.78 is 28.6. The van der Waals surface area contributed by atoms with Gasteiger partial charge in [0.2, 0.25) is 5.89 Å². The van der Waals surface area contributed by atoms with E-state index < -0.39 is 0 Å². The van der Waals surface area contributed by atoms with Crippen molar-refractivity contribution < 1.29 is 18.3 Å². The number of hydrogen-bond donors (Lipinski definition) is 3. The highest BCUT2D eigenvalue weighted by Crippen LogP contribution is 2.38. The van der Waals surface area contributed by atoms with E-state index in [9.17, 15) is 4.79 Å². The molecule has 1 amide bonds. The number of aryl methyl sites for hydroxylation is 2. The van der Waals surface area contributed by atoms with Crippen LogP contribution in [0, 0.1) is 5.82 Å².